The first kappa shape index (κ1) is 18.5. The van der Waals surface area contributed by atoms with Gasteiger partial charge in [0.15, 0.2) is 5.82 Å². The van der Waals surface area contributed by atoms with Crippen LogP contribution in [0.5, 0.6) is 0 Å². The minimum Gasteiger partial charge on any atom is -0.358 e. The first-order valence-corrected chi connectivity index (χ1v) is 8.16. The second-order valence-corrected chi connectivity index (χ2v) is 6.13. The smallest absolute Gasteiger partial charge is 0.358 e. The van der Waals surface area contributed by atoms with Crippen LogP contribution in [0.15, 0.2) is 36.5 Å². The number of carbonyl (C=O) groups excluding carboxylic acids is 1. The lowest BCUT2D eigenvalue weighted by Gasteiger charge is -2.04. The van der Waals surface area contributed by atoms with Gasteiger partial charge in [-0.3, -0.25) is 9.48 Å². The fourth-order valence-electron chi connectivity index (χ4n) is 2.41. The fraction of sp³-hybridized carbons (Fsp3) is 0.188. The quantitative estimate of drug-likeness (QED) is 0.512. The van der Waals surface area contributed by atoms with Crippen molar-refractivity contribution in [3.63, 3.8) is 0 Å². The molecule has 0 spiro atoms. The molecule has 1 amide bonds. The minimum absolute atomic E-state index is 0.109. The lowest BCUT2D eigenvalue weighted by Crippen LogP contribution is -2.21. The minimum atomic E-state index is -0.636. The van der Waals surface area contributed by atoms with E-state index in [-0.39, 0.29) is 35.6 Å². The van der Waals surface area contributed by atoms with E-state index in [1.54, 1.807) is 25.1 Å². The largest absolute Gasteiger partial charge is 0.390 e. The van der Waals surface area contributed by atoms with E-state index in [0.717, 1.165) is 0 Å². The highest BCUT2D eigenvalue weighted by molar-refractivity contribution is 6.33. The van der Waals surface area contributed by atoms with E-state index in [1.165, 1.54) is 27.7 Å². The zero-order valence-corrected chi connectivity index (χ0v) is 14.9. The Kier molecular flexibility index (Phi) is 5.17. The summed E-state index contributed by atoms with van der Waals surface area (Å²) < 4.78 is 16.3. The molecule has 0 aliphatic heterocycles. The summed E-state index contributed by atoms with van der Waals surface area (Å²) in [6, 6.07) is 7.52. The first-order valence-electron chi connectivity index (χ1n) is 7.78. The topological polar surface area (TPSA) is 108 Å². The molecule has 3 rings (SSSR count). The summed E-state index contributed by atoms with van der Waals surface area (Å²) >= 11 is 6.07. The van der Waals surface area contributed by atoms with Crippen molar-refractivity contribution in [1.82, 2.24) is 19.6 Å². The normalized spacial score (nSPS) is 10.8. The monoisotopic (exact) mass is 392 g/mol. The standard InChI is InChI=1S/C16H14ClFN6O3/c1-10-6-14(24(26)27)20-23(10)9-15(25)19-16-12(17)8-22(21-16)7-11-4-2-3-5-13(11)18/h2-6,8H,7,9H2,1H3,(H,19,21,25). The van der Waals surface area contributed by atoms with E-state index in [9.17, 15) is 19.3 Å². The molecule has 1 N–H and O–H groups in total. The van der Waals surface area contributed by atoms with Gasteiger partial charge in [0.2, 0.25) is 5.91 Å². The third kappa shape index (κ3) is 4.29. The summed E-state index contributed by atoms with van der Waals surface area (Å²) in [5.74, 6) is -1.11. The van der Waals surface area contributed by atoms with Crippen molar-refractivity contribution in [3.8, 4) is 0 Å². The third-order valence-corrected chi connectivity index (χ3v) is 3.99. The Morgan fingerprint density at radius 1 is 1.37 bits per heavy atom. The lowest BCUT2D eigenvalue weighted by atomic mass is 10.2. The molecule has 0 saturated heterocycles. The molecule has 0 fully saturated rings. The van der Waals surface area contributed by atoms with E-state index in [4.69, 9.17) is 11.6 Å². The SMILES string of the molecule is Cc1cc([N+](=O)[O-])nn1CC(=O)Nc1nn(Cc2ccccc2F)cc1Cl. The van der Waals surface area contributed by atoms with Crippen LogP contribution in [0.3, 0.4) is 0 Å². The highest BCUT2D eigenvalue weighted by atomic mass is 35.5. The Hall–Kier alpha value is -3.27. The average Bonchev–Trinajstić information content (AvgIpc) is 3.13. The van der Waals surface area contributed by atoms with Gasteiger partial charge in [0.25, 0.3) is 0 Å². The lowest BCUT2D eigenvalue weighted by molar-refractivity contribution is -0.389. The summed E-state index contributed by atoms with van der Waals surface area (Å²) in [4.78, 5) is 22.3. The molecule has 11 heteroatoms. The van der Waals surface area contributed by atoms with Crippen LogP contribution >= 0.6 is 11.6 Å². The molecule has 0 radical (unpaired) electrons. The number of aryl methyl sites for hydroxylation is 1. The van der Waals surface area contributed by atoms with Crippen molar-refractivity contribution in [3.05, 3.63) is 68.7 Å². The van der Waals surface area contributed by atoms with Gasteiger partial charge in [0, 0.05) is 11.8 Å². The molecule has 0 bridgehead atoms. The van der Waals surface area contributed by atoms with Crippen molar-refractivity contribution in [1.29, 1.82) is 0 Å². The first-order chi connectivity index (χ1) is 12.8. The molecule has 2 aromatic heterocycles. The number of hydrogen-bond donors (Lipinski definition) is 1. The van der Waals surface area contributed by atoms with Gasteiger partial charge < -0.3 is 15.4 Å². The second-order valence-electron chi connectivity index (χ2n) is 5.72. The van der Waals surface area contributed by atoms with Gasteiger partial charge in [-0.15, -0.1) is 0 Å². The molecule has 0 saturated carbocycles. The van der Waals surface area contributed by atoms with Crippen molar-refractivity contribution in [2.45, 2.75) is 20.0 Å². The predicted molar refractivity (Wildman–Crippen MR) is 95.0 cm³/mol. The van der Waals surface area contributed by atoms with Gasteiger partial charge in [0.1, 0.15) is 17.4 Å². The maximum Gasteiger partial charge on any atom is 0.390 e. The highest BCUT2D eigenvalue weighted by Gasteiger charge is 2.19. The Morgan fingerprint density at radius 3 is 2.78 bits per heavy atom. The maximum absolute atomic E-state index is 13.7. The van der Waals surface area contributed by atoms with Crippen LogP contribution in [0.1, 0.15) is 11.3 Å². The van der Waals surface area contributed by atoms with Crippen LogP contribution in [0.4, 0.5) is 16.0 Å². The Bertz CT molecular complexity index is 1020. The number of hydrogen-bond acceptors (Lipinski definition) is 5. The van der Waals surface area contributed by atoms with E-state index >= 15 is 0 Å². The highest BCUT2D eigenvalue weighted by Crippen LogP contribution is 2.21. The van der Waals surface area contributed by atoms with Gasteiger partial charge in [-0.25, -0.2) is 4.39 Å². The Labute approximate surface area is 157 Å². The van der Waals surface area contributed by atoms with Gasteiger partial charge in [-0.05, 0) is 17.9 Å². The van der Waals surface area contributed by atoms with Gasteiger partial charge in [0.05, 0.1) is 23.4 Å². The van der Waals surface area contributed by atoms with E-state index in [2.05, 4.69) is 15.5 Å². The van der Waals surface area contributed by atoms with Crippen LogP contribution < -0.4 is 5.32 Å². The second kappa shape index (κ2) is 7.54. The van der Waals surface area contributed by atoms with Crippen LogP contribution in [0, 0.1) is 22.9 Å². The number of halogens is 2. The predicted octanol–water partition coefficient (Wildman–Crippen LogP) is 2.78. The third-order valence-electron chi connectivity index (χ3n) is 3.71. The zero-order valence-electron chi connectivity index (χ0n) is 14.1. The summed E-state index contributed by atoms with van der Waals surface area (Å²) in [6.07, 6.45) is 1.47. The van der Waals surface area contributed by atoms with Gasteiger partial charge in [-0.1, -0.05) is 29.8 Å². The van der Waals surface area contributed by atoms with Crippen molar-refractivity contribution >= 4 is 29.1 Å². The molecule has 27 heavy (non-hydrogen) atoms. The van der Waals surface area contributed by atoms with E-state index in [0.29, 0.717) is 11.3 Å². The Morgan fingerprint density at radius 2 is 2.11 bits per heavy atom. The number of anilines is 1. The van der Waals surface area contributed by atoms with E-state index in [1.807, 2.05) is 0 Å². The van der Waals surface area contributed by atoms with Crippen molar-refractivity contribution in [2.75, 3.05) is 5.32 Å². The number of rotatable bonds is 6. The number of nitrogens with one attached hydrogen (secondary N) is 1. The maximum atomic E-state index is 13.7. The van der Waals surface area contributed by atoms with Crippen LogP contribution in [0.2, 0.25) is 5.02 Å². The molecule has 3 aromatic rings. The summed E-state index contributed by atoms with van der Waals surface area (Å²) in [5, 5.41) is 21.3. The number of aromatic nitrogens is 4. The molecule has 9 nitrogen and oxygen atoms in total. The molecule has 0 aliphatic carbocycles. The molecule has 0 aliphatic rings. The van der Waals surface area contributed by atoms with Crippen LogP contribution in [0.25, 0.3) is 0 Å². The molecule has 0 unspecified atom stereocenters. The molecular formula is C16H14ClFN6O3. The van der Waals surface area contributed by atoms with E-state index < -0.39 is 10.8 Å². The fourth-order valence-corrected chi connectivity index (χ4v) is 2.61. The Balaban J connectivity index is 1.69. The summed E-state index contributed by atoms with van der Waals surface area (Å²) in [7, 11) is 0. The number of nitrogens with zero attached hydrogens (tertiary/aromatic N) is 5. The van der Waals surface area contributed by atoms with Crippen molar-refractivity contribution in [2.24, 2.45) is 0 Å². The number of amides is 1. The number of benzene rings is 1. The average molecular weight is 393 g/mol. The number of carbonyl (C=O) groups is 1. The molecule has 1 aromatic carbocycles. The summed E-state index contributed by atoms with van der Waals surface area (Å²) in [6.45, 7) is 1.51. The van der Waals surface area contributed by atoms with Gasteiger partial charge >= 0.3 is 5.82 Å². The molecule has 140 valence electrons. The molecule has 0 atom stereocenters. The van der Waals surface area contributed by atoms with Crippen LogP contribution in [-0.2, 0) is 17.9 Å². The molecular weight excluding hydrogens is 379 g/mol. The zero-order chi connectivity index (χ0) is 19.6. The summed E-state index contributed by atoms with van der Waals surface area (Å²) in [5.41, 5.74) is 0.891. The van der Waals surface area contributed by atoms with Gasteiger partial charge in [-0.2, -0.15) is 9.78 Å². The van der Waals surface area contributed by atoms with Crippen LogP contribution in [-0.4, -0.2) is 30.4 Å². The number of nitro groups is 1. The molecule has 2 heterocycles. The van der Waals surface area contributed by atoms with Crippen molar-refractivity contribution < 1.29 is 14.1 Å².